The summed E-state index contributed by atoms with van der Waals surface area (Å²) in [6.45, 7) is 5.43. The van der Waals surface area contributed by atoms with Crippen LogP contribution in [0, 0.1) is 20.8 Å². The molecule has 3 aromatic rings. The van der Waals surface area contributed by atoms with Crippen molar-refractivity contribution in [1.29, 1.82) is 0 Å². The smallest absolute Gasteiger partial charge is 0.424 e. The minimum atomic E-state index is -0.562. The molecule has 6 rings (SSSR count). The van der Waals surface area contributed by atoms with Crippen LogP contribution in [0.25, 0.3) is 0 Å². The summed E-state index contributed by atoms with van der Waals surface area (Å²) in [5, 5.41) is 27.9. The molecular weight excluding hydrogens is 524 g/mol. The van der Waals surface area contributed by atoms with Crippen LogP contribution in [0.1, 0.15) is 70.1 Å². The average Bonchev–Trinajstić information content (AvgIpc) is 3.61. The van der Waals surface area contributed by atoms with E-state index in [1.807, 2.05) is 20.8 Å². The molecule has 3 aliphatic rings. The number of rotatable bonds is 0. The molecule has 0 bridgehead atoms. The first-order chi connectivity index (χ1) is 17.1. The van der Waals surface area contributed by atoms with Gasteiger partial charge in [0.2, 0.25) is 0 Å². The third-order valence-electron chi connectivity index (χ3n) is 6.98. The molecule has 37 heavy (non-hydrogen) atoms. The number of hydrogen-bond donors (Lipinski definition) is 3. The van der Waals surface area contributed by atoms with Crippen molar-refractivity contribution in [2.75, 3.05) is 0 Å². The van der Waals surface area contributed by atoms with Gasteiger partial charge in [-0.2, -0.15) is 15.0 Å². The fourth-order valence-electron chi connectivity index (χ4n) is 5.18. The average molecular weight is 554 g/mol. The molecule has 3 N–H and O–H groups in total. The Morgan fingerprint density at radius 3 is 1.00 bits per heavy atom. The van der Waals surface area contributed by atoms with Gasteiger partial charge in [-0.25, -0.2) is 14.4 Å². The van der Waals surface area contributed by atoms with Gasteiger partial charge in [0.05, 0.1) is 17.1 Å². The zero-order valence-electron chi connectivity index (χ0n) is 21.0. The van der Waals surface area contributed by atoms with Gasteiger partial charge in [0.1, 0.15) is 0 Å². The number of fused-ring (bicyclic) bond motifs is 3. The Hall–Kier alpha value is -3.44. The standard InChI is InChI=1S/3C8H10N2O2.Fe/c3*1-5-6-3-2-4-7(6)10(12)8(11)9-5;/h3*12H,2-4H2,1H3;/q;;;+3. The first kappa shape index (κ1) is 28.1. The van der Waals surface area contributed by atoms with Crippen molar-refractivity contribution in [3.8, 4) is 0 Å². The largest absolute Gasteiger partial charge is 3.00 e. The second-order valence-electron chi connectivity index (χ2n) is 9.21. The van der Waals surface area contributed by atoms with E-state index in [1.54, 1.807) is 0 Å². The Balaban J connectivity index is 0.000000152. The summed E-state index contributed by atoms with van der Waals surface area (Å²) in [5.41, 5.74) is 5.95. The van der Waals surface area contributed by atoms with E-state index >= 15 is 0 Å². The molecule has 0 aliphatic heterocycles. The zero-order chi connectivity index (χ0) is 26.1. The molecule has 12 nitrogen and oxygen atoms in total. The fraction of sp³-hybridized carbons (Fsp3) is 0.500. The van der Waals surface area contributed by atoms with Gasteiger partial charge in [0.15, 0.2) is 0 Å². The third kappa shape index (κ3) is 5.47. The van der Waals surface area contributed by atoms with Crippen molar-refractivity contribution in [2.45, 2.75) is 78.6 Å². The summed E-state index contributed by atoms with van der Waals surface area (Å²) < 4.78 is 2.03. The maximum absolute atomic E-state index is 11.0. The first-order valence-corrected chi connectivity index (χ1v) is 12.0. The predicted molar refractivity (Wildman–Crippen MR) is 127 cm³/mol. The quantitative estimate of drug-likeness (QED) is 0.270. The van der Waals surface area contributed by atoms with Crippen LogP contribution in [0.15, 0.2) is 14.4 Å². The third-order valence-corrected chi connectivity index (χ3v) is 6.98. The van der Waals surface area contributed by atoms with Crippen LogP contribution >= 0.6 is 0 Å². The minimum absolute atomic E-state index is 0. The van der Waals surface area contributed by atoms with E-state index < -0.39 is 17.1 Å². The number of nitrogens with zero attached hydrogens (tertiary/aromatic N) is 6. The molecule has 0 saturated heterocycles. The van der Waals surface area contributed by atoms with Gasteiger partial charge in [-0.3, -0.25) is 0 Å². The van der Waals surface area contributed by atoms with E-state index in [1.165, 1.54) is 0 Å². The minimum Gasteiger partial charge on any atom is -0.424 e. The van der Waals surface area contributed by atoms with Crippen LogP contribution < -0.4 is 17.1 Å². The van der Waals surface area contributed by atoms with Crippen LogP contribution in [0.3, 0.4) is 0 Å². The molecule has 3 aromatic heterocycles. The molecular formula is C24H30FeN6O6+3. The second kappa shape index (κ2) is 11.3. The molecule has 197 valence electrons. The molecule has 0 unspecified atom stereocenters. The van der Waals surface area contributed by atoms with Crippen LogP contribution in [-0.4, -0.2) is 44.8 Å². The van der Waals surface area contributed by atoms with Gasteiger partial charge in [0, 0.05) is 17.1 Å². The van der Waals surface area contributed by atoms with Gasteiger partial charge in [-0.05, 0) is 95.2 Å². The van der Waals surface area contributed by atoms with Crippen LogP contribution in [0.4, 0.5) is 0 Å². The van der Waals surface area contributed by atoms with Crippen molar-refractivity contribution in [1.82, 2.24) is 29.1 Å². The van der Waals surface area contributed by atoms with Gasteiger partial charge >= 0.3 is 34.1 Å². The maximum Gasteiger partial charge on any atom is 3.00 e. The van der Waals surface area contributed by atoms with Crippen molar-refractivity contribution in [2.24, 2.45) is 0 Å². The zero-order valence-corrected chi connectivity index (χ0v) is 22.1. The summed E-state index contributed by atoms with van der Waals surface area (Å²) in [5.74, 6) is 0. The topological polar surface area (TPSA) is 165 Å². The summed E-state index contributed by atoms with van der Waals surface area (Å²) in [6.07, 6.45) is 8.13. The van der Waals surface area contributed by atoms with Crippen molar-refractivity contribution in [3.63, 3.8) is 0 Å². The molecule has 0 saturated carbocycles. The first-order valence-electron chi connectivity index (χ1n) is 12.0. The van der Waals surface area contributed by atoms with E-state index in [2.05, 4.69) is 15.0 Å². The predicted octanol–water partition coefficient (Wildman–Crippen LogP) is 0.831. The fourth-order valence-corrected chi connectivity index (χ4v) is 5.18. The van der Waals surface area contributed by atoms with E-state index in [9.17, 15) is 30.0 Å². The van der Waals surface area contributed by atoms with Gasteiger partial charge < -0.3 is 15.6 Å². The molecule has 3 heterocycles. The van der Waals surface area contributed by atoms with Crippen molar-refractivity contribution >= 4 is 0 Å². The molecule has 0 fully saturated rings. The number of aromatic nitrogens is 6. The molecule has 1 radical (unpaired) electrons. The molecule has 13 heteroatoms. The Labute approximate surface area is 222 Å². The van der Waals surface area contributed by atoms with E-state index in [0.29, 0.717) is 14.2 Å². The van der Waals surface area contributed by atoms with Gasteiger partial charge in [-0.1, -0.05) is 0 Å². The molecule has 0 amide bonds. The molecule has 0 aromatic carbocycles. The normalized spacial score (nSPS) is 14.4. The van der Waals surface area contributed by atoms with Crippen molar-refractivity contribution in [3.05, 3.63) is 82.3 Å². The maximum atomic E-state index is 11.0. The Morgan fingerprint density at radius 2 is 0.757 bits per heavy atom. The summed E-state index contributed by atoms with van der Waals surface area (Å²) in [6, 6.07) is 0. The number of hydrogen-bond acceptors (Lipinski definition) is 9. The van der Waals surface area contributed by atoms with Crippen LogP contribution in [0.2, 0.25) is 0 Å². The Bertz CT molecular complexity index is 1330. The second-order valence-corrected chi connectivity index (χ2v) is 9.21. The van der Waals surface area contributed by atoms with E-state index in [-0.39, 0.29) is 17.1 Å². The van der Waals surface area contributed by atoms with Crippen LogP contribution in [0.5, 0.6) is 0 Å². The summed E-state index contributed by atoms with van der Waals surface area (Å²) >= 11 is 0. The molecule has 3 aliphatic carbocycles. The Kier molecular flexibility index (Phi) is 8.60. The monoisotopic (exact) mass is 554 g/mol. The summed E-state index contributed by atoms with van der Waals surface area (Å²) in [7, 11) is 0. The van der Waals surface area contributed by atoms with Crippen molar-refractivity contribution < 1.29 is 32.7 Å². The Morgan fingerprint density at radius 1 is 0.514 bits per heavy atom. The van der Waals surface area contributed by atoms with Gasteiger partial charge in [0.25, 0.3) is 0 Å². The summed E-state index contributed by atoms with van der Waals surface area (Å²) in [4.78, 5) is 44.1. The van der Waals surface area contributed by atoms with Gasteiger partial charge in [-0.15, -0.1) is 14.2 Å². The molecule has 0 atom stereocenters. The molecule has 0 spiro atoms. The van der Waals surface area contributed by atoms with Crippen LogP contribution in [-0.2, 0) is 55.6 Å². The number of aryl methyl sites for hydroxylation is 3. The van der Waals surface area contributed by atoms with E-state index in [4.69, 9.17) is 0 Å². The SMILES string of the molecule is Cc1nc(=O)n(O)c2c1CCC2.Cc1nc(=O)n(O)c2c1CCC2.Cc1nc(=O)n(O)c2c1CCC2.[Fe+3]. The van der Waals surface area contributed by atoms with E-state index in [0.717, 1.165) is 109 Å².